The Balaban J connectivity index is 2.31. The largest absolute Gasteiger partial charge is 0.296 e. The van der Waals surface area contributed by atoms with Gasteiger partial charge in [0.15, 0.2) is 5.15 Å². The van der Waals surface area contributed by atoms with E-state index in [1.807, 2.05) is 19.2 Å². The summed E-state index contributed by atoms with van der Waals surface area (Å²) in [4.78, 5) is 18.1. The van der Waals surface area contributed by atoms with Gasteiger partial charge in [0.2, 0.25) is 5.91 Å². The quantitative estimate of drug-likeness (QED) is 0.753. The summed E-state index contributed by atoms with van der Waals surface area (Å²) >= 11 is 7.85. The molecule has 2 rings (SSSR count). The minimum atomic E-state index is -0.0718. The van der Waals surface area contributed by atoms with Crippen molar-refractivity contribution in [3.63, 3.8) is 0 Å². The highest BCUT2D eigenvalue weighted by Gasteiger charge is 2.22. The highest BCUT2D eigenvalue weighted by Crippen LogP contribution is 2.27. The molecule has 2 aromatic rings. The van der Waals surface area contributed by atoms with Crippen LogP contribution in [-0.4, -0.2) is 38.7 Å². The first-order valence-corrected chi connectivity index (χ1v) is 8.65. The normalized spacial score (nSPS) is 11.7. The number of nitrogens with zero attached hydrogens (tertiary/aromatic N) is 4. The number of thioether (sulfide) groups is 1. The van der Waals surface area contributed by atoms with Crippen LogP contribution >= 0.6 is 23.4 Å². The fraction of sp³-hybridized carbons (Fsp3) is 0.312. The van der Waals surface area contributed by atoms with Crippen LogP contribution in [-0.2, 0) is 4.79 Å². The highest BCUT2D eigenvalue weighted by molar-refractivity contribution is 7.99. The van der Waals surface area contributed by atoms with Crippen LogP contribution in [0.3, 0.4) is 0 Å². The summed E-state index contributed by atoms with van der Waals surface area (Å²) in [6.07, 6.45) is 12.8. The van der Waals surface area contributed by atoms with E-state index in [-0.39, 0.29) is 22.9 Å². The van der Waals surface area contributed by atoms with E-state index in [4.69, 9.17) is 18.0 Å². The summed E-state index contributed by atoms with van der Waals surface area (Å²) in [5, 5.41) is 4.67. The molecule has 120 valence electrons. The first-order chi connectivity index (χ1) is 11.1. The second kappa shape index (κ2) is 8.04. The van der Waals surface area contributed by atoms with Gasteiger partial charge in [0.05, 0.1) is 24.6 Å². The topological polar surface area (TPSA) is 51.0 Å². The molecule has 2 heterocycles. The molecule has 0 radical (unpaired) electrons. The molecule has 0 aromatic carbocycles. The number of terminal acetylenes is 1. The van der Waals surface area contributed by atoms with Gasteiger partial charge in [-0.15, -0.1) is 6.42 Å². The molecule has 0 aliphatic rings. The molecule has 1 unspecified atom stereocenters. The summed E-state index contributed by atoms with van der Waals surface area (Å²) in [5.74, 6) is 2.43. The van der Waals surface area contributed by atoms with Gasteiger partial charge in [-0.1, -0.05) is 24.4 Å². The predicted octanol–water partition coefficient (Wildman–Crippen LogP) is 3.03. The van der Waals surface area contributed by atoms with Crippen LogP contribution in [0.15, 0.2) is 30.7 Å². The molecule has 23 heavy (non-hydrogen) atoms. The Kier molecular flexibility index (Phi) is 6.08. The number of anilines is 1. The first-order valence-electron chi connectivity index (χ1n) is 6.99. The minimum absolute atomic E-state index is 0.0718. The maximum absolute atomic E-state index is 12.5. The number of hydrogen-bond donors (Lipinski definition) is 0. The van der Waals surface area contributed by atoms with Crippen molar-refractivity contribution in [3.05, 3.63) is 35.9 Å². The van der Waals surface area contributed by atoms with Gasteiger partial charge in [-0.25, -0.2) is 4.68 Å². The average Bonchev–Trinajstić information content (AvgIpc) is 2.94. The van der Waals surface area contributed by atoms with Gasteiger partial charge in [0, 0.05) is 17.9 Å². The third kappa shape index (κ3) is 4.27. The predicted molar refractivity (Wildman–Crippen MR) is 95.1 cm³/mol. The molecule has 0 saturated carbocycles. The van der Waals surface area contributed by atoms with Crippen LogP contribution in [0.25, 0.3) is 5.69 Å². The lowest BCUT2D eigenvalue weighted by Crippen LogP contribution is -2.32. The van der Waals surface area contributed by atoms with E-state index >= 15 is 0 Å². The van der Waals surface area contributed by atoms with Gasteiger partial charge in [0.1, 0.15) is 5.69 Å². The molecule has 0 bridgehead atoms. The van der Waals surface area contributed by atoms with Gasteiger partial charge < -0.3 is 0 Å². The van der Waals surface area contributed by atoms with E-state index in [1.54, 1.807) is 41.1 Å². The Morgan fingerprint density at radius 3 is 3.00 bits per heavy atom. The molecule has 1 atom stereocenters. The molecule has 2 aromatic heterocycles. The molecule has 0 aliphatic carbocycles. The van der Waals surface area contributed by atoms with Crippen LogP contribution in [0, 0.1) is 12.3 Å². The number of amides is 1. The molecule has 0 fully saturated rings. The number of halogens is 1. The lowest BCUT2D eigenvalue weighted by Gasteiger charge is -2.20. The zero-order chi connectivity index (χ0) is 16.8. The first kappa shape index (κ1) is 17.4. The molecule has 1 amide bonds. The SMILES string of the molecule is C#CCN(C(=O)CC(C)SC)c1cn(-c2cccnc2)nc1Cl. The van der Waals surface area contributed by atoms with Gasteiger partial charge in [0.25, 0.3) is 0 Å². The summed E-state index contributed by atoms with van der Waals surface area (Å²) in [7, 11) is 0. The van der Waals surface area contributed by atoms with Gasteiger partial charge in [-0.3, -0.25) is 14.7 Å². The fourth-order valence-electron chi connectivity index (χ4n) is 1.98. The van der Waals surface area contributed by atoms with Crippen LogP contribution in [0.2, 0.25) is 5.15 Å². The zero-order valence-corrected chi connectivity index (χ0v) is 14.5. The third-order valence-electron chi connectivity index (χ3n) is 3.27. The highest BCUT2D eigenvalue weighted by atomic mass is 35.5. The molecule has 0 aliphatic heterocycles. The summed E-state index contributed by atoms with van der Waals surface area (Å²) in [6, 6.07) is 3.65. The third-order valence-corrected chi connectivity index (χ3v) is 4.51. The molecule has 7 heteroatoms. The maximum Gasteiger partial charge on any atom is 0.229 e. The van der Waals surface area contributed by atoms with Crippen molar-refractivity contribution >= 4 is 35.0 Å². The fourth-order valence-corrected chi connectivity index (χ4v) is 2.53. The van der Waals surface area contributed by atoms with E-state index < -0.39 is 0 Å². The van der Waals surface area contributed by atoms with Crippen molar-refractivity contribution in [2.75, 3.05) is 17.7 Å². The number of carbonyl (C=O) groups excluding carboxylic acids is 1. The van der Waals surface area contributed by atoms with Crippen molar-refractivity contribution in [1.82, 2.24) is 14.8 Å². The lowest BCUT2D eigenvalue weighted by molar-refractivity contribution is -0.118. The monoisotopic (exact) mass is 348 g/mol. The Labute approximate surface area is 145 Å². The zero-order valence-electron chi connectivity index (χ0n) is 12.9. The van der Waals surface area contributed by atoms with E-state index in [2.05, 4.69) is 16.0 Å². The summed E-state index contributed by atoms with van der Waals surface area (Å²) in [5.41, 5.74) is 1.26. The van der Waals surface area contributed by atoms with Gasteiger partial charge in [-0.05, 0) is 18.4 Å². The van der Waals surface area contributed by atoms with Crippen molar-refractivity contribution in [3.8, 4) is 18.0 Å². The number of hydrogen-bond acceptors (Lipinski definition) is 4. The Bertz CT molecular complexity index is 711. The van der Waals surface area contributed by atoms with Gasteiger partial charge >= 0.3 is 0 Å². The Morgan fingerprint density at radius 1 is 1.61 bits per heavy atom. The lowest BCUT2D eigenvalue weighted by atomic mass is 10.2. The molecule has 5 nitrogen and oxygen atoms in total. The van der Waals surface area contributed by atoms with E-state index in [9.17, 15) is 4.79 Å². The standard InChI is InChI=1S/C16H17ClN4OS/c1-4-8-20(15(22)9-12(2)23-3)14-11-21(19-16(14)17)13-6-5-7-18-10-13/h1,5-7,10-12H,8-9H2,2-3H3. The van der Waals surface area contributed by atoms with Crippen LogP contribution in [0.4, 0.5) is 5.69 Å². The Hall–Kier alpha value is -1.97. The second-order valence-corrected chi connectivity index (χ2v) is 6.53. The molecule has 0 spiro atoms. The van der Waals surface area contributed by atoms with Crippen molar-refractivity contribution in [2.24, 2.45) is 0 Å². The number of rotatable bonds is 6. The molecular formula is C16H17ClN4OS. The van der Waals surface area contributed by atoms with E-state index in [1.165, 1.54) is 4.90 Å². The molecular weight excluding hydrogens is 332 g/mol. The van der Waals surface area contributed by atoms with Gasteiger partial charge in [-0.2, -0.15) is 16.9 Å². The molecule has 0 saturated heterocycles. The smallest absolute Gasteiger partial charge is 0.229 e. The second-order valence-electron chi connectivity index (χ2n) is 4.90. The minimum Gasteiger partial charge on any atom is -0.296 e. The van der Waals surface area contributed by atoms with Crippen LogP contribution in [0.5, 0.6) is 0 Å². The van der Waals surface area contributed by atoms with Crippen LogP contribution < -0.4 is 4.90 Å². The number of carbonyl (C=O) groups is 1. The van der Waals surface area contributed by atoms with Crippen molar-refractivity contribution in [2.45, 2.75) is 18.6 Å². The van der Waals surface area contributed by atoms with Crippen molar-refractivity contribution in [1.29, 1.82) is 0 Å². The summed E-state index contributed by atoms with van der Waals surface area (Å²) < 4.78 is 1.58. The van der Waals surface area contributed by atoms with E-state index in [0.717, 1.165) is 5.69 Å². The number of pyridine rings is 1. The van der Waals surface area contributed by atoms with E-state index in [0.29, 0.717) is 12.1 Å². The number of aromatic nitrogens is 3. The van der Waals surface area contributed by atoms with Crippen molar-refractivity contribution < 1.29 is 4.79 Å². The molecule has 0 N–H and O–H groups in total. The average molecular weight is 349 g/mol. The Morgan fingerprint density at radius 2 is 2.39 bits per heavy atom. The maximum atomic E-state index is 12.5. The van der Waals surface area contributed by atoms with Crippen LogP contribution in [0.1, 0.15) is 13.3 Å². The summed E-state index contributed by atoms with van der Waals surface area (Å²) in [6.45, 7) is 2.15.